The van der Waals surface area contributed by atoms with Gasteiger partial charge in [-0.1, -0.05) is 15.9 Å². The van der Waals surface area contributed by atoms with E-state index in [-0.39, 0.29) is 11.3 Å². The first kappa shape index (κ1) is 9.92. The minimum Gasteiger partial charge on any atom is -0.507 e. The van der Waals surface area contributed by atoms with Gasteiger partial charge >= 0.3 is 0 Å². The number of hydrogen-bond donors (Lipinski definition) is 2. The number of phenols is 1. The third-order valence-corrected chi connectivity index (χ3v) is 2.43. The van der Waals surface area contributed by atoms with Crippen LogP contribution in [0.2, 0.25) is 0 Å². The molecular formula is C10H7BrN2O2. The van der Waals surface area contributed by atoms with Crippen LogP contribution in [0.25, 0.3) is 11.1 Å². The Morgan fingerprint density at radius 2 is 2.13 bits per heavy atom. The molecule has 0 radical (unpaired) electrons. The fraction of sp³-hybridized carbons (Fsp3) is 0. The molecule has 0 amide bonds. The van der Waals surface area contributed by atoms with E-state index in [1.54, 1.807) is 18.2 Å². The molecule has 0 aliphatic heterocycles. The Kier molecular flexibility index (Phi) is 2.55. The van der Waals surface area contributed by atoms with Crippen molar-refractivity contribution < 1.29 is 5.11 Å². The molecule has 0 bridgehead atoms. The maximum atomic E-state index is 11.0. The lowest BCUT2D eigenvalue weighted by molar-refractivity contribution is 0.477. The molecule has 76 valence electrons. The van der Waals surface area contributed by atoms with Crippen molar-refractivity contribution >= 4 is 15.9 Å². The van der Waals surface area contributed by atoms with Crippen LogP contribution in [-0.4, -0.2) is 15.3 Å². The molecule has 0 aliphatic rings. The van der Waals surface area contributed by atoms with E-state index in [0.29, 0.717) is 11.1 Å². The highest BCUT2D eigenvalue weighted by molar-refractivity contribution is 9.10. The van der Waals surface area contributed by atoms with Crippen molar-refractivity contribution in [2.45, 2.75) is 0 Å². The predicted octanol–water partition coefficient (Wildman–Crippen LogP) is 1.90. The second-order valence-corrected chi connectivity index (χ2v) is 3.91. The minimum atomic E-state index is -0.299. The lowest BCUT2D eigenvalue weighted by Gasteiger charge is -2.03. The third kappa shape index (κ3) is 2.07. The van der Waals surface area contributed by atoms with Crippen molar-refractivity contribution in [2.24, 2.45) is 0 Å². The summed E-state index contributed by atoms with van der Waals surface area (Å²) in [6.45, 7) is 0. The maximum absolute atomic E-state index is 11.0. The van der Waals surface area contributed by atoms with Crippen LogP contribution in [0.4, 0.5) is 0 Å². The number of nitrogens with zero attached hydrogens (tertiary/aromatic N) is 1. The Balaban J connectivity index is 2.63. The zero-order valence-electron chi connectivity index (χ0n) is 7.57. The summed E-state index contributed by atoms with van der Waals surface area (Å²) in [5.41, 5.74) is 0.854. The van der Waals surface area contributed by atoms with Crippen LogP contribution in [0.15, 0.2) is 39.7 Å². The monoisotopic (exact) mass is 266 g/mol. The number of aromatic nitrogens is 2. The van der Waals surface area contributed by atoms with Crippen LogP contribution in [0.5, 0.6) is 5.75 Å². The molecule has 4 nitrogen and oxygen atoms in total. The summed E-state index contributed by atoms with van der Waals surface area (Å²) in [5.74, 6) is 0.116. The Labute approximate surface area is 93.7 Å². The molecule has 0 fully saturated rings. The third-order valence-electron chi connectivity index (χ3n) is 1.93. The van der Waals surface area contributed by atoms with Crippen LogP contribution >= 0.6 is 15.9 Å². The van der Waals surface area contributed by atoms with Gasteiger partial charge in [0.2, 0.25) is 0 Å². The van der Waals surface area contributed by atoms with E-state index < -0.39 is 0 Å². The Hall–Kier alpha value is -1.62. The van der Waals surface area contributed by atoms with Crippen molar-refractivity contribution in [3.05, 3.63) is 45.3 Å². The summed E-state index contributed by atoms with van der Waals surface area (Å²) in [5, 5.41) is 15.6. The first-order valence-corrected chi connectivity index (χ1v) is 5.00. The van der Waals surface area contributed by atoms with Gasteiger partial charge in [-0.2, -0.15) is 5.10 Å². The van der Waals surface area contributed by atoms with E-state index in [1.807, 2.05) is 0 Å². The fourth-order valence-electron chi connectivity index (χ4n) is 1.26. The second kappa shape index (κ2) is 3.86. The van der Waals surface area contributed by atoms with E-state index in [2.05, 4.69) is 26.1 Å². The molecule has 0 spiro atoms. The zero-order chi connectivity index (χ0) is 10.8. The van der Waals surface area contributed by atoms with Gasteiger partial charge in [0.1, 0.15) is 5.75 Å². The van der Waals surface area contributed by atoms with Crippen LogP contribution in [0.1, 0.15) is 0 Å². The normalized spacial score (nSPS) is 10.2. The van der Waals surface area contributed by atoms with Gasteiger partial charge < -0.3 is 5.11 Å². The minimum absolute atomic E-state index is 0.116. The molecule has 15 heavy (non-hydrogen) atoms. The van der Waals surface area contributed by atoms with E-state index >= 15 is 0 Å². The molecule has 2 aromatic rings. The molecule has 0 saturated carbocycles. The highest BCUT2D eigenvalue weighted by Crippen LogP contribution is 2.30. The van der Waals surface area contributed by atoms with E-state index in [9.17, 15) is 9.90 Å². The number of halogens is 1. The number of aromatic hydroxyl groups is 1. The number of benzene rings is 1. The molecule has 0 aliphatic carbocycles. The topological polar surface area (TPSA) is 66.0 Å². The summed E-state index contributed by atoms with van der Waals surface area (Å²) >= 11 is 3.29. The Morgan fingerprint density at radius 3 is 2.87 bits per heavy atom. The van der Waals surface area contributed by atoms with Gasteiger partial charge in [-0.15, -0.1) is 0 Å². The van der Waals surface area contributed by atoms with Gasteiger partial charge in [-0.25, -0.2) is 5.10 Å². The Bertz CT molecular complexity index is 551. The number of hydrogen-bond acceptors (Lipinski definition) is 3. The van der Waals surface area contributed by atoms with Gasteiger partial charge in [0.15, 0.2) is 0 Å². The summed E-state index contributed by atoms with van der Waals surface area (Å²) in [6, 6.07) is 6.39. The standard InChI is InChI=1S/C10H7BrN2O2/c11-7-1-2-9(14)8(4-7)6-3-10(15)13-12-5-6/h1-5,14H,(H,13,15). The summed E-state index contributed by atoms with van der Waals surface area (Å²) in [4.78, 5) is 11.0. The lowest BCUT2D eigenvalue weighted by Crippen LogP contribution is -2.05. The first-order chi connectivity index (χ1) is 7.16. The number of rotatable bonds is 1. The van der Waals surface area contributed by atoms with Gasteiger partial charge in [0.05, 0.1) is 6.20 Å². The van der Waals surface area contributed by atoms with Crippen molar-refractivity contribution in [1.82, 2.24) is 10.2 Å². The molecule has 0 saturated heterocycles. The number of H-pyrrole nitrogens is 1. The summed E-state index contributed by atoms with van der Waals surface area (Å²) < 4.78 is 0.829. The number of nitrogens with one attached hydrogen (secondary N) is 1. The van der Waals surface area contributed by atoms with Gasteiger partial charge in [-0.3, -0.25) is 4.79 Å². The fourth-order valence-corrected chi connectivity index (χ4v) is 1.62. The van der Waals surface area contributed by atoms with Crippen molar-refractivity contribution in [3.63, 3.8) is 0 Å². The van der Waals surface area contributed by atoms with E-state index in [1.165, 1.54) is 12.3 Å². The predicted molar refractivity (Wildman–Crippen MR) is 59.7 cm³/mol. The SMILES string of the molecule is O=c1cc(-c2cc(Br)ccc2O)cn[nH]1. The van der Waals surface area contributed by atoms with Crippen molar-refractivity contribution in [1.29, 1.82) is 0 Å². The largest absolute Gasteiger partial charge is 0.507 e. The molecule has 0 unspecified atom stereocenters. The quantitative estimate of drug-likeness (QED) is 0.829. The highest BCUT2D eigenvalue weighted by atomic mass is 79.9. The zero-order valence-corrected chi connectivity index (χ0v) is 9.15. The van der Waals surface area contributed by atoms with Crippen molar-refractivity contribution in [3.8, 4) is 16.9 Å². The van der Waals surface area contributed by atoms with E-state index in [4.69, 9.17) is 0 Å². The molecule has 1 aromatic heterocycles. The molecular weight excluding hydrogens is 260 g/mol. The smallest absolute Gasteiger partial charge is 0.264 e. The van der Waals surface area contributed by atoms with Gasteiger partial charge in [0.25, 0.3) is 5.56 Å². The molecule has 1 aromatic carbocycles. The highest BCUT2D eigenvalue weighted by Gasteiger charge is 2.05. The molecule has 2 rings (SSSR count). The van der Waals surface area contributed by atoms with Crippen molar-refractivity contribution in [2.75, 3.05) is 0 Å². The first-order valence-electron chi connectivity index (χ1n) is 4.20. The summed E-state index contributed by atoms with van der Waals surface area (Å²) in [7, 11) is 0. The van der Waals surface area contributed by atoms with E-state index in [0.717, 1.165) is 4.47 Å². The van der Waals surface area contributed by atoms with Crippen LogP contribution in [-0.2, 0) is 0 Å². The lowest BCUT2D eigenvalue weighted by atomic mass is 10.1. The second-order valence-electron chi connectivity index (χ2n) is 3.00. The average molecular weight is 267 g/mol. The number of phenolic OH excluding ortho intramolecular Hbond substituents is 1. The average Bonchev–Trinajstić information content (AvgIpc) is 2.22. The van der Waals surface area contributed by atoms with Crippen LogP contribution in [0.3, 0.4) is 0 Å². The maximum Gasteiger partial charge on any atom is 0.264 e. The van der Waals surface area contributed by atoms with Gasteiger partial charge in [-0.05, 0) is 18.2 Å². The van der Waals surface area contributed by atoms with Crippen LogP contribution in [0, 0.1) is 0 Å². The molecule has 5 heteroatoms. The van der Waals surface area contributed by atoms with Crippen LogP contribution < -0.4 is 5.56 Å². The summed E-state index contributed by atoms with van der Waals surface area (Å²) in [6.07, 6.45) is 1.49. The molecule has 2 N–H and O–H groups in total. The number of aromatic amines is 1. The Morgan fingerprint density at radius 1 is 1.33 bits per heavy atom. The molecule has 1 heterocycles. The molecule has 0 atom stereocenters. The van der Waals surface area contributed by atoms with Gasteiger partial charge in [0, 0.05) is 21.7 Å².